The Morgan fingerprint density at radius 1 is 1.52 bits per heavy atom. The molecule has 0 spiro atoms. The lowest BCUT2D eigenvalue weighted by Gasteiger charge is -2.14. The first-order valence-corrected chi connectivity index (χ1v) is 8.13. The largest absolute Gasteiger partial charge is 0.376 e. The summed E-state index contributed by atoms with van der Waals surface area (Å²) >= 11 is 1.79. The maximum atomic E-state index is 5.58. The second-order valence-electron chi connectivity index (χ2n) is 4.84. The van der Waals surface area contributed by atoms with Gasteiger partial charge in [0.25, 0.3) is 0 Å². The number of aryl methyl sites for hydroxylation is 1. The first-order chi connectivity index (χ1) is 9.81. The van der Waals surface area contributed by atoms with E-state index in [9.17, 15) is 0 Å². The number of nitrogens with one attached hydrogen (secondary N) is 2. The second kappa shape index (κ2) is 10.3. The molecule has 1 aliphatic heterocycles. The van der Waals surface area contributed by atoms with E-state index in [2.05, 4.69) is 27.5 Å². The van der Waals surface area contributed by atoms with Gasteiger partial charge in [-0.25, -0.2) is 4.98 Å². The van der Waals surface area contributed by atoms with Gasteiger partial charge in [-0.3, -0.25) is 4.99 Å². The highest BCUT2D eigenvalue weighted by atomic mass is 127. The van der Waals surface area contributed by atoms with E-state index in [-0.39, 0.29) is 24.0 Å². The second-order valence-corrected chi connectivity index (χ2v) is 6.04. The molecule has 1 unspecified atom stereocenters. The molecule has 1 saturated heterocycles. The van der Waals surface area contributed by atoms with Crippen LogP contribution in [0.25, 0.3) is 0 Å². The van der Waals surface area contributed by atoms with Crippen LogP contribution in [0.4, 0.5) is 0 Å². The molecule has 1 aromatic heterocycles. The summed E-state index contributed by atoms with van der Waals surface area (Å²) in [7, 11) is 1.80. The van der Waals surface area contributed by atoms with Gasteiger partial charge in [0.1, 0.15) is 0 Å². The van der Waals surface area contributed by atoms with E-state index in [1.165, 1.54) is 16.3 Å². The Hall–Kier alpha value is -0.410. The third-order valence-electron chi connectivity index (χ3n) is 3.33. The third kappa shape index (κ3) is 6.48. The van der Waals surface area contributed by atoms with Crippen molar-refractivity contribution in [2.24, 2.45) is 4.99 Å². The van der Waals surface area contributed by atoms with Crippen LogP contribution in [0.1, 0.15) is 29.7 Å². The molecule has 2 heterocycles. The molecule has 1 fully saturated rings. The van der Waals surface area contributed by atoms with Crippen LogP contribution in [-0.4, -0.2) is 43.8 Å². The Kier molecular flexibility index (Phi) is 9.18. The van der Waals surface area contributed by atoms with E-state index < -0.39 is 0 Å². The number of halogens is 1. The van der Waals surface area contributed by atoms with Gasteiger partial charge in [0, 0.05) is 44.2 Å². The van der Waals surface area contributed by atoms with Gasteiger partial charge < -0.3 is 15.4 Å². The van der Waals surface area contributed by atoms with Crippen molar-refractivity contribution in [3.63, 3.8) is 0 Å². The number of guanidine groups is 1. The zero-order valence-corrected chi connectivity index (χ0v) is 15.9. The molecule has 5 nitrogen and oxygen atoms in total. The smallest absolute Gasteiger partial charge is 0.191 e. The molecule has 2 N–H and O–H groups in total. The van der Waals surface area contributed by atoms with Crippen molar-refractivity contribution in [1.82, 2.24) is 15.6 Å². The summed E-state index contributed by atoms with van der Waals surface area (Å²) < 4.78 is 5.58. The van der Waals surface area contributed by atoms with Crippen molar-refractivity contribution in [2.45, 2.75) is 38.7 Å². The van der Waals surface area contributed by atoms with Crippen LogP contribution in [0.5, 0.6) is 0 Å². The molecule has 1 aliphatic rings. The number of ether oxygens (including phenoxy) is 1. The van der Waals surface area contributed by atoms with E-state index in [1.54, 1.807) is 18.4 Å². The molecule has 0 saturated carbocycles. The van der Waals surface area contributed by atoms with Gasteiger partial charge in [-0.2, -0.15) is 0 Å². The number of aromatic nitrogens is 1. The molecule has 0 aromatic carbocycles. The van der Waals surface area contributed by atoms with Crippen molar-refractivity contribution < 1.29 is 4.74 Å². The van der Waals surface area contributed by atoms with Crippen LogP contribution in [0, 0.1) is 0 Å². The molecule has 21 heavy (non-hydrogen) atoms. The van der Waals surface area contributed by atoms with Crippen LogP contribution in [-0.2, 0) is 17.6 Å². The minimum Gasteiger partial charge on any atom is -0.376 e. The number of rotatable bonds is 6. The summed E-state index contributed by atoms with van der Waals surface area (Å²) in [5.41, 5.74) is 0. The average Bonchev–Trinajstić information content (AvgIpc) is 3.13. The predicted octanol–water partition coefficient (Wildman–Crippen LogP) is 2.21. The van der Waals surface area contributed by atoms with Gasteiger partial charge in [0.2, 0.25) is 0 Å². The molecule has 0 amide bonds. The fraction of sp³-hybridized carbons (Fsp3) is 0.714. The molecule has 120 valence electrons. The van der Waals surface area contributed by atoms with E-state index in [0.717, 1.165) is 44.9 Å². The quantitative estimate of drug-likeness (QED) is 0.418. The lowest BCUT2D eigenvalue weighted by Crippen LogP contribution is -2.41. The van der Waals surface area contributed by atoms with Crippen LogP contribution in [0.15, 0.2) is 11.2 Å². The van der Waals surface area contributed by atoms with Crippen LogP contribution in [0.2, 0.25) is 0 Å². The lowest BCUT2D eigenvalue weighted by molar-refractivity contribution is 0.114. The van der Waals surface area contributed by atoms with Gasteiger partial charge in [-0.1, -0.05) is 6.92 Å². The van der Waals surface area contributed by atoms with Gasteiger partial charge in [0.05, 0.1) is 11.1 Å². The highest BCUT2D eigenvalue weighted by Gasteiger charge is 2.15. The van der Waals surface area contributed by atoms with E-state index >= 15 is 0 Å². The standard InChI is InChI=1S/C14H24N4OS.HI/c1-3-12-10-17-13(20-12)6-7-16-14(15-2)18-9-11-5-4-8-19-11;/h10-11H,3-9H2,1-2H3,(H2,15,16,18);1H. The average molecular weight is 424 g/mol. The monoisotopic (exact) mass is 424 g/mol. The van der Waals surface area contributed by atoms with E-state index in [1.807, 2.05) is 6.20 Å². The molecule has 1 atom stereocenters. The summed E-state index contributed by atoms with van der Waals surface area (Å²) in [6, 6.07) is 0. The number of hydrogen-bond acceptors (Lipinski definition) is 4. The highest BCUT2D eigenvalue weighted by molar-refractivity contribution is 14.0. The summed E-state index contributed by atoms with van der Waals surface area (Å²) in [5.74, 6) is 0.841. The van der Waals surface area contributed by atoms with Crippen molar-refractivity contribution in [3.05, 3.63) is 16.1 Å². The predicted molar refractivity (Wildman–Crippen MR) is 98.9 cm³/mol. The van der Waals surface area contributed by atoms with Crippen molar-refractivity contribution in [3.8, 4) is 0 Å². The fourth-order valence-electron chi connectivity index (χ4n) is 2.15. The summed E-state index contributed by atoms with van der Waals surface area (Å²) in [4.78, 5) is 9.99. The normalized spacial score (nSPS) is 18.4. The maximum absolute atomic E-state index is 5.58. The van der Waals surface area contributed by atoms with Gasteiger partial charge in [-0.15, -0.1) is 35.3 Å². The minimum atomic E-state index is 0. The van der Waals surface area contributed by atoms with Gasteiger partial charge >= 0.3 is 0 Å². The van der Waals surface area contributed by atoms with Crippen molar-refractivity contribution in [1.29, 1.82) is 0 Å². The van der Waals surface area contributed by atoms with Crippen LogP contribution < -0.4 is 10.6 Å². The van der Waals surface area contributed by atoms with Gasteiger partial charge in [-0.05, 0) is 19.3 Å². The van der Waals surface area contributed by atoms with Gasteiger partial charge in [0.15, 0.2) is 5.96 Å². The molecule has 1 aromatic rings. The number of aliphatic imine (C=N–C) groups is 1. The van der Waals surface area contributed by atoms with E-state index in [4.69, 9.17) is 4.74 Å². The SMILES string of the molecule is CCc1cnc(CCNC(=NC)NCC2CCCO2)s1.I. The Balaban J connectivity index is 0.00000220. The number of nitrogens with zero attached hydrogens (tertiary/aromatic N) is 2. The van der Waals surface area contributed by atoms with Crippen LogP contribution in [0.3, 0.4) is 0 Å². The fourth-order valence-corrected chi connectivity index (χ4v) is 3.01. The molecule has 0 bridgehead atoms. The lowest BCUT2D eigenvalue weighted by atomic mass is 10.2. The molecule has 7 heteroatoms. The zero-order valence-electron chi connectivity index (χ0n) is 12.7. The summed E-state index contributed by atoms with van der Waals surface area (Å²) in [5, 5.41) is 7.81. The molecule has 2 rings (SSSR count). The molecular formula is C14H25IN4OS. The third-order valence-corrected chi connectivity index (χ3v) is 4.53. The maximum Gasteiger partial charge on any atom is 0.191 e. The first-order valence-electron chi connectivity index (χ1n) is 7.31. The number of hydrogen-bond donors (Lipinski definition) is 2. The van der Waals surface area contributed by atoms with Crippen molar-refractivity contribution in [2.75, 3.05) is 26.7 Å². The molecular weight excluding hydrogens is 399 g/mol. The van der Waals surface area contributed by atoms with Crippen LogP contribution >= 0.6 is 35.3 Å². The summed E-state index contributed by atoms with van der Waals surface area (Å²) in [6.45, 7) is 4.73. The summed E-state index contributed by atoms with van der Waals surface area (Å²) in [6.07, 6.45) is 6.62. The molecule has 0 radical (unpaired) electrons. The first kappa shape index (κ1) is 18.6. The Labute approximate surface area is 148 Å². The number of thiazole rings is 1. The Morgan fingerprint density at radius 2 is 2.38 bits per heavy atom. The Morgan fingerprint density at radius 3 is 3.00 bits per heavy atom. The Bertz CT molecular complexity index is 432. The van der Waals surface area contributed by atoms with E-state index in [0.29, 0.717) is 6.10 Å². The zero-order chi connectivity index (χ0) is 14.2. The molecule has 0 aliphatic carbocycles. The van der Waals surface area contributed by atoms with Crippen molar-refractivity contribution >= 4 is 41.3 Å². The topological polar surface area (TPSA) is 58.5 Å². The highest BCUT2D eigenvalue weighted by Crippen LogP contribution is 2.13. The minimum absolute atomic E-state index is 0.